The number of carbonyl (C=O) groups is 1. The van der Waals surface area contributed by atoms with Gasteiger partial charge in [-0.1, -0.05) is 17.7 Å². The Labute approximate surface area is 152 Å². The van der Waals surface area contributed by atoms with Gasteiger partial charge in [-0.2, -0.15) is 0 Å². The summed E-state index contributed by atoms with van der Waals surface area (Å²) in [6.45, 7) is 4.22. The number of hydrogen-bond acceptors (Lipinski definition) is 3. The first-order valence-electron chi connectivity index (χ1n) is 8.20. The molecular formula is C18H21ClN2O3S. The van der Waals surface area contributed by atoms with Crippen LogP contribution in [0.25, 0.3) is 5.69 Å². The Kier molecular flexibility index (Phi) is 4.93. The highest BCUT2D eigenvalue weighted by atomic mass is 35.5. The zero-order chi connectivity index (χ0) is 18.2. The zero-order valence-electron chi connectivity index (χ0n) is 14.3. The lowest BCUT2D eigenvalue weighted by atomic mass is 10.1. The van der Waals surface area contributed by atoms with Crippen LogP contribution in [-0.4, -0.2) is 36.9 Å². The first kappa shape index (κ1) is 18.0. The molecule has 1 aromatic carbocycles. The fraction of sp³-hybridized carbons (Fsp3) is 0.389. The second-order valence-electron chi connectivity index (χ2n) is 6.58. The van der Waals surface area contributed by atoms with E-state index in [1.165, 1.54) is 0 Å². The Balaban J connectivity index is 1.77. The first-order valence-corrected chi connectivity index (χ1v) is 10.4. The van der Waals surface area contributed by atoms with Crippen LogP contribution in [0.5, 0.6) is 0 Å². The molecule has 25 heavy (non-hydrogen) atoms. The molecule has 1 aliphatic rings. The maximum Gasteiger partial charge on any atom is 0.253 e. The van der Waals surface area contributed by atoms with Crippen LogP contribution in [0.3, 0.4) is 0 Å². The smallest absolute Gasteiger partial charge is 0.253 e. The second-order valence-corrected chi connectivity index (χ2v) is 9.24. The molecule has 0 bridgehead atoms. The van der Waals surface area contributed by atoms with Crippen LogP contribution in [0, 0.1) is 19.8 Å². The van der Waals surface area contributed by atoms with E-state index < -0.39 is 9.84 Å². The van der Waals surface area contributed by atoms with Crippen molar-refractivity contribution in [2.24, 2.45) is 5.92 Å². The fourth-order valence-corrected chi connectivity index (χ4v) is 5.42. The highest BCUT2D eigenvalue weighted by molar-refractivity contribution is 7.91. The van der Waals surface area contributed by atoms with Crippen molar-refractivity contribution in [3.8, 4) is 5.69 Å². The number of rotatable bonds is 4. The number of sulfone groups is 1. The number of nitrogens with one attached hydrogen (secondary N) is 1. The number of aromatic nitrogens is 1. The summed E-state index contributed by atoms with van der Waals surface area (Å²) in [6.07, 6.45) is 0.615. The van der Waals surface area contributed by atoms with Crippen molar-refractivity contribution in [3.05, 3.63) is 52.3 Å². The van der Waals surface area contributed by atoms with Crippen molar-refractivity contribution in [2.45, 2.75) is 20.3 Å². The minimum atomic E-state index is -2.93. The Morgan fingerprint density at radius 2 is 2.08 bits per heavy atom. The molecule has 0 spiro atoms. The molecule has 1 saturated heterocycles. The van der Waals surface area contributed by atoms with E-state index in [0.717, 1.165) is 17.1 Å². The van der Waals surface area contributed by atoms with Crippen LogP contribution >= 0.6 is 11.6 Å². The van der Waals surface area contributed by atoms with Crippen LogP contribution in [0.4, 0.5) is 0 Å². The van der Waals surface area contributed by atoms with Crippen LogP contribution in [0.2, 0.25) is 5.02 Å². The third-order valence-corrected chi connectivity index (χ3v) is 6.69. The molecule has 1 N–H and O–H groups in total. The summed E-state index contributed by atoms with van der Waals surface area (Å²) in [5.41, 5.74) is 3.27. The molecule has 7 heteroatoms. The molecule has 1 aromatic heterocycles. The summed E-state index contributed by atoms with van der Waals surface area (Å²) in [6, 6.07) is 9.32. The van der Waals surface area contributed by atoms with Crippen LogP contribution < -0.4 is 5.32 Å². The van der Waals surface area contributed by atoms with E-state index in [2.05, 4.69) is 5.32 Å². The lowest BCUT2D eigenvalue weighted by Crippen LogP contribution is -2.30. The molecule has 1 amide bonds. The van der Waals surface area contributed by atoms with Crippen molar-refractivity contribution in [1.29, 1.82) is 0 Å². The van der Waals surface area contributed by atoms with Gasteiger partial charge in [0.2, 0.25) is 0 Å². The molecule has 134 valence electrons. The van der Waals surface area contributed by atoms with Gasteiger partial charge in [0, 0.05) is 28.6 Å². The minimum absolute atomic E-state index is 0.00497. The second kappa shape index (κ2) is 6.84. The van der Waals surface area contributed by atoms with E-state index in [9.17, 15) is 13.2 Å². The monoisotopic (exact) mass is 380 g/mol. The molecule has 2 aromatic rings. The lowest BCUT2D eigenvalue weighted by molar-refractivity contribution is 0.0948. The van der Waals surface area contributed by atoms with Gasteiger partial charge in [0.15, 0.2) is 9.84 Å². The molecule has 0 saturated carbocycles. The first-order chi connectivity index (χ1) is 11.8. The Morgan fingerprint density at radius 3 is 2.72 bits per heavy atom. The number of aryl methyl sites for hydroxylation is 1. The van der Waals surface area contributed by atoms with E-state index in [1.54, 1.807) is 0 Å². The molecule has 1 aliphatic heterocycles. The average molecular weight is 381 g/mol. The molecule has 2 heterocycles. The van der Waals surface area contributed by atoms with E-state index in [1.807, 2.05) is 48.7 Å². The summed E-state index contributed by atoms with van der Waals surface area (Å²) in [5, 5.41) is 3.52. The number of benzene rings is 1. The van der Waals surface area contributed by atoms with Crippen LogP contribution in [-0.2, 0) is 9.84 Å². The normalized spacial score (nSPS) is 19.1. The van der Waals surface area contributed by atoms with E-state index in [-0.39, 0.29) is 23.3 Å². The highest BCUT2D eigenvalue weighted by Gasteiger charge is 2.28. The van der Waals surface area contributed by atoms with Crippen molar-refractivity contribution < 1.29 is 13.2 Å². The summed E-state index contributed by atoms with van der Waals surface area (Å²) >= 11 is 6.07. The van der Waals surface area contributed by atoms with Gasteiger partial charge in [0.1, 0.15) is 0 Å². The van der Waals surface area contributed by atoms with Gasteiger partial charge >= 0.3 is 0 Å². The van der Waals surface area contributed by atoms with Gasteiger partial charge in [0.05, 0.1) is 17.1 Å². The summed E-state index contributed by atoms with van der Waals surface area (Å²) in [5.74, 6) is 0.210. The van der Waals surface area contributed by atoms with Crippen molar-refractivity contribution in [3.63, 3.8) is 0 Å². The molecule has 0 aliphatic carbocycles. The molecular weight excluding hydrogens is 360 g/mol. The number of amides is 1. The topological polar surface area (TPSA) is 68.2 Å². The molecule has 3 rings (SSSR count). The molecule has 1 unspecified atom stereocenters. The largest absolute Gasteiger partial charge is 0.352 e. The molecule has 0 radical (unpaired) electrons. The molecule has 1 fully saturated rings. The number of halogens is 1. The van der Waals surface area contributed by atoms with Crippen LogP contribution in [0.15, 0.2) is 30.3 Å². The van der Waals surface area contributed by atoms with Crippen LogP contribution in [0.1, 0.15) is 28.2 Å². The summed E-state index contributed by atoms with van der Waals surface area (Å²) in [4.78, 5) is 12.5. The van der Waals surface area contributed by atoms with Crippen molar-refractivity contribution in [2.75, 3.05) is 18.1 Å². The van der Waals surface area contributed by atoms with E-state index >= 15 is 0 Å². The van der Waals surface area contributed by atoms with Crippen molar-refractivity contribution in [1.82, 2.24) is 9.88 Å². The lowest BCUT2D eigenvalue weighted by Gasteiger charge is -2.11. The summed E-state index contributed by atoms with van der Waals surface area (Å²) < 4.78 is 25.0. The molecule has 1 atom stereocenters. The zero-order valence-corrected chi connectivity index (χ0v) is 15.8. The predicted molar refractivity (Wildman–Crippen MR) is 99.3 cm³/mol. The minimum Gasteiger partial charge on any atom is -0.352 e. The third kappa shape index (κ3) is 3.90. The quantitative estimate of drug-likeness (QED) is 0.886. The third-order valence-electron chi connectivity index (χ3n) is 4.62. The van der Waals surface area contributed by atoms with Crippen molar-refractivity contribution >= 4 is 27.3 Å². The van der Waals surface area contributed by atoms with Gasteiger partial charge in [-0.3, -0.25) is 4.79 Å². The highest BCUT2D eigenvalue weighted by Crippen LogP contribution is 2.23. The van der Waals surface area contributed by atoms with Gasteiger partial charge in [-0.05, 0) is 50.5 Å². The average Bonchev–Trinajstić information content (AvgIpc) is 3.04. The maximum absolute atomic E-state index is 12.5. The Morgan fingerprint density at radius 1 is 1.32 bits per heavy atom. The maximum atomic E-state index is 12.5. The Hall–Kier alpha value is -1.79. The van der Waals surface area contributed by atoms with Gasteiger partial charge in [-0.15, -0.1) is 0 Å². The number of hydrogen-bond donors (Lipinski definition) is 1. The molecule has 5 nitrogen and oxygen atoms in total. The fourth-order valence-electron chi connectivity index (χ4n) is 3.37. The summed E-state index contributed by atoms with van der Waals surface area (Å²) in [7, 11) is -2.93. The number of nitrogens with zero attached hydrogens (tertiary/aromatic N) is 1. The predicted octanol–water partition coefficient (Wildman–Crippen LogP) is 2.91. The van der Waals surface area contributed by atoms with E-state index in [0.29, 0.717) is 23.6 Å². The van der Waals surface area contributed by atoms with Gasteiger partial charge < -0.3 is 9.88 Å². The van der Waals surface area contributed by atoms with Gasteiger partial charge in [0.25, 0.3) is 5.91 Å². The van der Waals surface area contributed by atoms with Gasteiger partial charge in [-0.25, -0.2) is 8.42 Å². The number of carbonyl (C=O) groups excluding carboxylic acids is 1. The Bertz CT molecular complexity index is 918. The standard InChI is InChI=1S/C18H21ClN2O3S/c1-12-8-17(13(2)21(12)16-5-3-4-15(19)9-16)18(22)20-10-14-6-7-25(23,24)11-14/h3-5,8-9,14H,6-7,10-11H2,1-2H3,(H,20,22). The SMILES string of the molecule is Cc1cc(C(=O)NCC2CCS(=O)(=O)C2)c(C)n1-c1cccc(Cl)c1. The van der Waals surface area contributed by atoms with E-state index in [4.69, 9.17) is 11.6 Å².